The molecule has 0 spiro atoms. The minimum atomic E-state index is -0.887. The molecule has 1 unspecified atom stereocenters. The zero-order valence-corrected chi connectivity index (χ0v) is 30.1. The molecule has 0 saturated carbocycles. The van der Waals surface area contributed by atoms with Gasteiger partial charge in [0.15, 0.2) is 17.5 Å². The molecule has 274 valence electrons. The van der Waals surface area contributed by atoms with E-state index >= 15 is 0 Å². The van der Waals surface area contributed by atoms with E-state index in [4.69, 9.17) is 20.9 Å². The van der Waals surface area contributed by atoms with Gasteiger partial charge in [0, 0.05) is 33.2 Å². The number of benzene rings is 2. The highest BCUT2D eigenvalue weighted by Gasteiger charge is 2.52. The summed E-state index contributed by atoms with van der Waals surface area (Å²) in [4.78, 5) is 61.8. The van der Waals surface area contributed by atoms with Crippen LogP contribution in [0.5, 0.6) is 5.75 Å². The van der Waals surface area contributed by atoms with Gasteiger partial charge in [0.05, 0.1) is 35.1 Å². The fourth-order valence-corrected chi connectivity index (χ4v) is 7.59. The number of hydrogen-bond donors (Lipinski definition) is 3. The number of hydrazine groups is 1. The molecule has 3 aromatic rings. The molecule has 3 atom stereocenters. The van der Waals surface area contributed by atoms with Crippen molar-refractivity contribution in [3.8, 4) is 5.75 Å². The van der Waals surface area contributed by atoms with Gasteiger partial charge in [0.2, 0.25) is 11.8 Å². The monoisotopic (exact) mass is 728 g/mol. The summed E-state index contributed by atoms with van der Waals surface area (Å²) < 4.78 is 11.9. The summed E-state index contributed by atoms with van der Waals surface area (Å²) in [7, 11) is 1.66. The lowest BCUT2D eigenvalue weighted by molar-refractivity contribution is -0.157. The van der Waals surface area contributed by atoms with Gasteiger partial charge in [0.25, 0.3) is 0 Å². The van der Waals surface area contributed by atoms with Crippen molar-refractivity contribution in [3.63, 3.8) is 0 Å². The zero-order valence-electron chi connectivity index (χ0n) is 29.3. The number of nitrogens with one attached hydrogen (secondary N) is 1. The summed E-state index contributed by atoms with van der Waals surface area (Å²) >= 11 is 1.38. The number of thiazole rings is 1. The molecule has 4 amide bonds. The number of nitrogens with two attached hydrogens (primary N) is 2. The zero-order chi connectivity index (χ0) is 36.9. The molecule has 6 rings (SSSR count). The number of nitrogens with zero attached hydrogens (tertiary/aromatic N) is 5. The highest BCUT2D eigenvalue weighted by molar-refractivity contribution is 7.22. The Morgan fingerprint density at radius 2 is 2.04 bits per heavy atom. The van der Waals surface area contributed by atoms with Crippen LogP contribution >= 0.6 is 11.3 Å². The first-order valence-electron chi connectivity index (χ1n) is 17.2. The summed E-state index contributed by atoms with van der Waals surface area (Å²) in [6.45, 7) is 6.24. The predicted octanol–water partition coefficient (Wildman–Crippen LogP) is 3.26. The number of aromatic nitrogens is 1. The second-order valence-electron chi connectivity index (χ2n) is 12.9. The van der Waals surface area contributed by atoms with E-state index in [0.29, 0.717) is 41.6 Å². The van der Waals surface area contributed by atoms with Crippen molar-refractivity contribution in [3.05, 3.63) is 84.0 Å². The van der Waals surface area contributed by atoms with Gasteiger partial charge in [-0.15, -0.1) is 0 Å². The van der Waals surface area contributed by atoms with E-state index in [1.807, 2.05) is 43.4 Å². The van der Waals surface area contributed by atoms with Gasteiger partial charge in [-0.05, 0) is 53.8 Å². The number of ketones is 1. The minimum Gasteiger partial charge on any atom is -0.483 e. The van der Waals surface area contributed by atoms with Crippen LogP contribution in [0.1, 0.15) is 30.9 Å². The Labute approximate surface area is 306 Å². The molecule has 2 fully saturated rings. The van der Waals surface area contributed by atoms with Crippen molar-refractivity contribution in [1.82, 2.24) is 30.1 Å². The van der Waals surface area contributed by atoms with Gasteiger partial charge in [0.1, 0.15) is 18.0 Å². The van der Waals surface area contributed by atoms with Crippen molar-refractivity contribution in [1.29, 1.82) is 0 Å². The van der Waals surface area contributed by atoms with Crippen LogP contribution in [0.4, 0.5) is 15.6 Å². The molecule has 15 heteroatoms. The highest BCUT2D eigenvalue weighted by atomic mass is 32.1. The van der Waals surface area contributed by atoms with Gasteiger partial charge >= 0.3 is 6.03 Å². The van der Waals surface area contributed by atoms with Gasteiger partial charge in [-0.1, -0.05) is 61.3 Å². The van der Waals surface area contributed by atoms with E-state index < -0.39 is 12.2 Å². The third-order valence-electron chi connectivity index (χ3n) is 9.41. The van der Waals surface area contributed by atoms with E-state index in [2.05, 4.69) is 16.9 Å². The average Bonchev–Trinajstić information content (AvgIpc) is 3.69. The summed E-state index contributed by atoms with van der Waals surface area (Å²) in [6, 6.07) is 9.65. The van der Waals surface area contributed by atoms with Crippen LogP contribution in [0.2, 0.25) is 0 Å². The molecule has 52 heavy (non-hydrogen) atoms. The van der Waals surface area contributed by atoms with Crippen molar-refractivity contribution in [2.45, 2.75) is 51.0 Å². The lowest BCUT2D eigenvalue weighted by Gasteiger charge is -2.46. The van der Waals surface area contributed by atoms with Crippen molar-refractivity contribution in [2.75, 3.05) is 51.4 Å². The number of amides is 4. The van der Waals surface area contributed by atoms with Crippen LogP contribution in [0.3, 0.4) is 0 Å². The Morgan fingerprint density at radius 3 is 2.75 bits per heavy atom. The number of methoxy groups -OCH3 is 1. The number of carbonyl (C=O) groups excluding carboxylic acids is 4. The molecule has 1 aromatic heterocycles. The number of carbonyl (C=O) groups is 4. The predicted molar refractivity (Wildman–Crippen MR) is 199 cm³/mol. The van der Waals surface area contributed by atoms with E-state index in [-0.39, 0.29) is 62.4 Å². The molecule has 3 heterocycles. The fourth-order valence-electron chi connectivity index (χ4n) is 6.81. The molecule has 3 aliphatic rings. The minimum absolute atomic E-state index is 0.0121. The molecule has 0 radical (unpaired) electrons. The maximum Gasteiger partial charge on any atom is 0.332 e. The van der Waals surface area contributed by atoms with Crippen LogP contribution in [0, 0.1) is 0 Å². The number of fused-ring (bicyclic) bond motifs is 2. The molecule has 2 saturated heterocycles. The van der Waals surface area contributed by atoms with Crippen LogP contribution in [0.15, 0.2) is 72.9 Å². The van der Waals surface area contributed by atoms with Crippen molar-refractivity contribution < 1.29 is 28.7 Å². The summed E-state index contributed by atoms with van der Waals surface area (Å²) in [5.74, 6) is -0.458. The van der Waals surface area contributed by atoms with Gasteiger partial charge in [-0.2, -0.15) is 5.01 Å². The summed E-state index contributed by atoms with van der Waals surface area (Å²) in [5.41, 5.74) is 15.9. The number of para-hydroxylation sites is 1. The van der Waals surface area contributed by atoms with Crippen molar-refractivity contribution >= 4 is 56.0 Å². The van der Waals surface area contributed by atoms with E-state index in [1.165, 1.54) is 17.4 Å². The van der Waals surface area contributed by atoms with E-state index in [1.54, 1.807) is 45.1 Å². The number of urea groups is 1. The third kappa shape index (κ3) is 7.81. The number of piperazine rings is 1. The number of ether oxygens (including phenoxy) is 2. The summed E-state index contributed by atoms with van der Waals surface area (Å²) in [5, 5.41) is 6.83. The number of rotatable bonds is 14. The second-order valence-corrected chi connectivity index (χ2v) is 14.0. The first kappa shape index (κ1) is 36.5. The fraction of sp³-hybridized carbons (Fsp3) is 0.378. The molecule has 1 aliphatic carbocycles. The Balaban J connectivity index is 1.28. The Hall–Kier alpha value is -5.25. The summed E-state index contributed by atoms with van der Waals surface area (Å²) in [6.07, 6.45) is 8.05. The number of nitrogen functional groups attached to an aromatic ring is 2. The molecule has 2 aromatic carbocycles. The standard InChI is InChI=1S/C37H44N8O6S/c1-4-15-43(37(49)40-18-23-9-12-27(50-3)13-10-23)44-21-33(47)45-29(17-24-11-14-30(28(38)16-24)51-22-26(46)5-2)35(48)42(20-32(44)45)19-25-7-6-8-31-34(25)41-36(39)52-31/h5-12,14,16,27,29,32H,2,4,13,15,17-22,38H2,1,3H3,(H2,39,41)(H,40,49)/t27?,29-,32+/m0/s1. The van der Waals surface area contributed by atoms with Gasteiger partial charge in [-0.25, -0.2) is 9.78 Å². The van der Waals surface area contributed by atoms with Gasteiger partial charge < -0.3 is 36.1 Å². The maximum atomic E-state index is 14.4. The molecule has 5 N–H and O–H groups in total. The highest BCUT2D eigenvalue weighted by Crippen LogP contribution is 2.33. The van der Waals surface area contributed by atoms with Gasteiger partial charge in [-0.3, -0.25) is 19.4 Å². The Kier molecular flexibility index (Phi) is 11.2. The molecule has 14 nitrogen and oxygen atoms in total. The molecular weight excluding hydrogens is 685 g/mol. The number of anilines is 2. The normalized spacial score (nSPS) is 20.2. The maximum absolute atomic E-state index is 14.4. The average molecular weight is 729 g/mol. The smallest absolute Gasteiger partial charge is 0.332 e. The lowest BCUT2D eigenvalue weighted by Crippen LogP contribution is -2.66. The van der Waals surface area contributed by atoms with Crippen LogP contribution in [-0.2, 0) is 32.1 Å². The quantitative estimate of drug-likeness (QED) is 0.165. The molecular formula is C37H44N8O6S. The van der Waals surface area contributed by atoms with Crippen LogP contribution in [0.25, 0.3) is 10.2 Å². The third-order valence-corrected chi connectivity index (χ3v) is 10.3. The first-order valence-corrected chi connectivity index (χ1v) is 18.0. The topological polar surface area (TPSA) is 177 Å². The SMILES string of the molecule is C=CC(=O)COc1ccc(C[C@H]2C(=O)N(Cc3cccc4sc(N)nc34)C[C@H]3N2C(=O)CN3N(CCC)C(=O)NCC2=CCC(OC)C=C2)cc1N. The number of hydrogen-bond acceptors (Lipinski definition) is 11. The Bertz CT molecular complexity index is 1930. The van der Waals surface area contributed by atoms with E-state index in [9.17, 15) is 19.2 Å². The van der Waals surface area contributed by atoms with Crippen molar-refractivity contribution in [2.24, 2.45) is 0 Å². The largest absolute Gasteiger partial charge is 0.483 e. The molecule has 2 aliphatic heterocycles. The van der Waals surface area contributed by atoms with E-state index in [0.717, 1.165) is 27.8 Å². The van der Waals surface area contributed by atoms with Crippen LogP contribution < -0.4 is 21.5 Å². The van der Waals surface area contributed by atoms with Crippen LogP contribution in [-0.4, -0.2) is 107 Å². The second kappa shape index (κ2) is 16.0. The molecule has 0 bridgehead atoms. The Morgan fingerprint density at radius 1 is 1.21 bits per heavy atom. The first-order chi connectivity index (χ1) is 25.1. The lowest BCUT2D eigenvalue weighted by atomic mass is 9.99.